The molecule has 0 atom stereocenters. The number of nitrogens with one attached hydrogen (secondary N) is 1. The summed E-state index contributed by atoms with van der Waals surface area (Å²) >= 11 is 0.733. The maximum atomic E-state index is 11.6. The van der Waals surface area contributed by atoms with Crippen molar-refractivity contribution in [2.24, 2.45) is 5.10 Å². The normalized spacial score (nSPS) is 11.1. The van der Waals surface area contributed by atoms with Gasteiger partial charge in [0.25, 0.3) is 5.91 Å². The van der Waals surface area contributed by atoms with Gasteiger partial charge in [-0.15, -0.1) is 0 Å². The van der Waals surface area contributed by atoms with Crippen molar-refractivity contribution in [3.05, 3.63) is 61.2 Å². The molecule has 0 spiro atoms. The Bertz CT molecular complexity index is 806. The summed E-state index contributed by atoms with van der Waals surface area (Å²) in [5, 5.41) is 24.4. The van der Waals surface area contributed by atoms with Crippen LogP contribution in [-0.2, 0) is 0 Å². The minimum absolute atomic E-state index is 0.140. The maximum Gasteiger partial charge on any atom is 0.433 e. The van der Waals surface area contributed by atoms with E-state index in [0.717, 1.165) is 11.3 Å². The summed E-state index contributed by atoms with van der Waals surface area (Å²) in [7, 11) is 0. The van der Waals surface area contributed by atoms with Crippen LogP contribution < -0.4 is 5.43 Å². The lowest BCUT2D eigenvalue weighted by Gasteiger charge is -1.93. The fraction of sp³-hybridized carbons (Fsp3) is 0. The molecule has 0 saturated heterocycles. The highest BCUT2D eigenvalue weighted by atomic mass is 32.1. The van der Waals surface area contributed by atoms with Crippen LogP contribution in [0.3, 0.4) is 0 Å². The van der Waals surface area contributed by atoms with E-state index in [1.165, 1.54) is 42.6 Å². The zero-order valence-corrected chi connectivity index (χ0v) is 12.1. The fourth-order valence-electron chi connectivity index (χ4n) is 1.41. The van der Waals surface area contributed by atoms with Gasteiger partial charge in [0.05, 0.1) is 11.0 Å². The van der Waals surface area contributed by atoms with Gasteiger partial charge in [-0.2, -0.15) is 5.10 Å². The van der Waals surface area contributed by atoms with Crippen LogP contribution >= 0.6 is 11.3 Å². The Labute approximate surface area is 132 Å². The molecule has 0 aliphatic carbocycles. The van der Waals surface area contributed by atoms with Crippen molar-refractivity contribution < 1.29 is 19.1 Å². The highest BCUT2D eigenvalue weighted by Crippen LogP contribution is 2.23. The first-order valence-electron chi connectivity index (χ1n) is 5.96. The Kier molecular flexibility index (Phi) is 4.94. The predicted octanol–water partition coefficient (Wildman–Crippen LogP) is 2.59. The second-order valence-corrected chi connectivity index (χ2v) is 4.97. The van der Waals surface area contributed by atoms with E-state index >= 15 is 0 Å². The second kappa shape index (κ2) is 7.09. The summed E-state index contributed by atoms with van der Waals surface area (Å²) in [6.07, 6.45) is 4.05. The average Bonchev–Trinajstić information content (AvgIpc) is 3.16. The van der Waals surface area contributed by atoms with Crippen LogP contribution in [0, 0.1) is 20.2 Å². The van der Waals surface area contributed by atoms with Crippen molar-refractivity contribution in [3.63, 3.8) is 0 Å². The van der Waals surface area contributed by atoms with E-state index in [-0.39, 0.29) is 21.5 Å². The minimum Gasteiger partial charge on any atom is -0.401 e. The predicted molar refractivity (Wildman–Crippen MR) is 81.3 cm³/mol. The first kappa shape index (κ1) is 16.0. The minimum atomic E-state index is -0.661. The van der Waals surface area contributed by atoms with Gasteiger partial charge in [-0.05, 0) is 24.3 Å². The van der Waals surface area contributed by atoms with Gasteiger partial charge in [0.1, 0.15) is 15.6 Å². The molecule has 10 nitrogen and oxygen atoms in total. The number of furan rings is 1. The van der Waals surface area contributed by atoms with Gasteiger partial charge < -0.3 is 4.42 Å². The molecule has 2 aromatic rings. The average molecular weight is 336 g/mol. The van der Waals surface area contributed by atoms with E-state index < -0.39 is 15.8 Å². The molecular formula is C12H8N4O6S. The van der Waals surface area contributed by atoms with Crippen molar-refractivity contribution in [2.45, 2.75) is 0 Å². The molecule has 2 aromatic heterocycles. The number of hydrogen-bond donors (Lipinski definition) is 1. The number of thiophene rings is 1. The number of allylic oxidation sites excluding steroid dienone is 1. The van der Waals surface area contributed by atoms with Gasteiger partial charge in [0.15, 0.2) is 0 Å². The lowest BCUT2D eigenvalue weighted by molar-refractivity contribution is -0.402. The Morgan fingerprint density at radius 3 is 2.61 bits per heavy atom. The summed E-state index contributed by atoms with van der Waals surface area (Å²) < 4.78 is 4.87. The zero-order chi connectivity index (χ0) is 16.8. The fourth-order valence-corrected chi connectivity index (χ4v) is 2.12. The van der Waals surface area contributed by atoms with Crippen LogP contribution in [-0.4, -0.2) is 22.0 Å². The molecule has 0 bridgehead atoms. The molecule has 0 aliphatic rings. The molecule has 0 aliphatic heterocycles. The second-order valence-electron chi connectivity index (χ2n) is 3.91. The molecule has 11 heteroatoms. The standard InChI is InChI=1S/C12H8N4O6S/c17-12(9-4-6-11(23-9)16(20)21)14-13-7-1-2-8-3-5-10(22-8)15(18)19/h1-7H,(H,14,17)/b2-1+,13-7-. The lowest BCUT2D eigenvalue weighted by atomic mass is 10.4. The van der Waals surface area contributed by atoms with Gasteiger partial charge in [0, 0.05) is 12.3 Å². The Hall–Kier alpha value is -3.34. The Morgan fingerprint density at radius 1 is 1.22 bits per heavy atom. The number of carbonyl (C=O) groups is 1. The molecule has 0 saturated carbocycles. The molecule has 23 heavy (non-hydrogen) atoms. The van der Waals surface area contributed by atoms with Crippen molar-refractivity contribution >= 4 is 40.4 Å². The molecular weight excluding hydrogens is 328 g/mol. The first-order chi connectivity index (χ1) is 11.0. The Morgan fingerprint density at radius 2 is 2.00 bits per heavy atom. The monoisotopic (exact) mass is 336 g/mol. The molecule has 0 fully saturated rings. The molecule has 0 radical (unpaired) electrons. The van der Waals surface area contributed by atoms with Gasteiger partial charge >= 0.3 is 10.9 Å². The number of amides is 1. The maximum absolute atomic E-state index is 11.6. The van der Waals surface area contributed by atoms with Crippen LogP contribution in [0.2, 0.25) is 0 Å². The number of rotatable bonds is 6. The van der Waals surface area contributed by atoms with Crippen molar-refractivity contribution in [3.8, 4) is 0 Å². The number of hydrogen-bond acceptors (Lipinski definition) is 8. The molecule has 1 amide bonds. The summed E-state index contributed by atoms with van der Waals surface area (Å²) in [5.41, 5.74) is 2.19. The van der Waals surface area contributed by atoms with Gasteiger partial charge in [-0.1, -0.05) is 11.3 Å². The van der Waals surface area contributed by atoms with Gasteiger partial charge in [-0.25, -0.2) is 5.43 Å². The molecule has 118 valence electrons. The Balaban J connectivity index is 1.87. The van der Waals surface area contributed by atoms with Crippen LogP contribution in [0.5, 0.6) is 0 Å². The first-order valence-corrected chi connectivity index (χ1v) is 6.77. The van der Waals surface area contributed by atoms with Crippen molar-refractivity contribution in [2.75, 3.05) is 0 Å². The van der Waals surface area contributed by atoms with Crippen LogP contribution in [0.1, 0.15) is 15.4 Å². The largest absolute Gasteiger partial charge is 0.433 e. The quantitative estimate of drug-likeness (QED) is 0.488. The smallest absolute Gasteiger partial charge is 0.401 e. The van der Waals surface area contributed by atoms with Crippen LogP contribution in [0.15, 0.2) is 39.9 Å². The van der Waals surface area contributed by atoms with Gasteiger partial charge in [-0.3, -0.25) is 25.0 Å². The highest BCUT2D eigenvalue weighted by molar-refractivity contribution is 7.17. The third kappa shape index (κ3) is 4.31. The van der Waals surface area contributed by atoms with Crippen molar-refractivity contribution in [1.82, 2.24) is 5.43 Å². The third-order valence-corrected chi connectivity index (χ3v) is 3.41. The summed E-state index contributed by atoms with van der Waals surface area (Å²) in [5.74, 6) is -0.709. The highest BCUT2D eigenvalue weighted by Gasteiger charge is 2.14. The van der Waals surface area contributed by atoms with E-state index in [2.05, 4.69) is 10.5 Å². The molecule has 2 heterocycles. The zero-order valence-electron chi connectivity index (χ0n) is 11.2. The van der Waals surface area contributed by atoms with Crippen LogP contribution in [0.4, 0.5) is 10.9 Å². The number of nitro groups is 2. The number of hydrazone groups is 1. The van der Waals surface area contributed by atoms with Crippen LogP contribution in [0.25, 0.3) is 6.08 Å². The molecule has 0 unspecified atom stereocenters. The lowest BCUT2D eigenvalue weighted by Crippen LogP contribution is -2.15. The molecule has 1 N–H and O–H groups in total. The topological polar surface area (TPSA) is 141 Å². The van der Waals surface area contributed by atoms with E-state index in [1.807, 2.05) is 0 Å². The van der Waals surface area contributed by atoms with E-state index in [9.17, 15) is 25.0 Å². The molecule has 2 rings (SSSR count). The summed E-state index contributed by atoms with van der Waals surface area (Å²) in [6.45, 7) is 0. The van der Waals surface area contributed by atoms with Crippen molar-refractivity contribution in [1.29, 1.82) is 0 Å². The molecule has 0 aromatic carbocycles. The van der Waals surface area contributed by atoms with E-state index in [1.54, 1.807) is 0 Å². The van der Waals surface area contributed by atoms with Gasteiger partial charge in [0.2, 0.25) is 0 Å². The summed E-state index contributed by atoms with van der Waals surface area (Å²) in [4.78, 5) is 31.5. The SMILES string of the molecule is O=C(N/N=C\C=C\c1ccc([N+](=O)[O-])o1)c1ccc([N+](=O)[O-])s1. The van der Waals surface area contributed by atoms with E-state index in [4.69, 9.17) is 4.42 Å². The third-order valence-electron chi connectivity index (χ3n) is 2.38. The van der Waals surface area contributed by atoms with E-state index in [0.29, 0.717) is 0 Å². The number of nitrogens with zero attached hydrogens (tertiary/aromatic N) is 3. The number of carbonyl (C=O) groups excluding carboxylic acids is 1. The summed E-state index contributed by atoms with van der Waals surface area (Å²) in [6, 6.07) is 5.17.